The van der Waals surface area contributed by atoms with Crippen molar-refractivity contribution in [2.24, 2.45) is 0 Å². The highest BCUT2D eigenvalue weighted by Gasteiger charge is 2.15. The third-order valence-electron chi connectivity index (χ3n) is 3.08. The Hall–Kier alpha value is -2.54. The molecule has 3 rings (SSSR count). The van der Waals surface area contributed by atoms with Gasteiger partial charge in [-0.2, -0.15) is 8.78 Å². The minimum atomic E-state index is -2.99. The third kappa shape index (κ3) is 3.29. The van der Waals surface area contributed by atoms with Crippen molar-refractivity contribution >= 4 is 33.0 Å². The molecule has 2 aromatic carbocycles. The fraction of sp³-hybridized carbons (Fsp3) is 0.0625. The van der Waals surface area contributed by atoms with Gasteiger partial charge in [0.2, 0.25) is 0 Å². The fourth-order valence-corrected chi connectivity index (χ4v) is 3.06. The topological polar surface area (TPSA) is 38.3 Å². The molecule has 0 unspecified atom stereocenters. The second-order valence-electron chi connectivity index (χ2n) is 4.59. The average Bonchev–Trinajstić information content (AvgIpc) is 2.94. The highest BCUT2D eigenvalue weighted by molar-refractivity contribution is 7.20. The molecule has 0 atom stereocenters. The number of fused-ring (bicyclic) bond motifs is 1. The Morgan fingerprint density at radius 1 is 1.13 bits per heavy atom. The molecule has 3 nitrogen and oxygen atoms in total. The lowest BCUT2D eigenvalue weighted by atomic mass is 10.2. The van der Waals surface area contributed by atoms with Crippen LogP contribution >= 0.6 is 11.3 Å². The van der Waals surface area contributed by atoms with E-state index in [1.165, 1.54) is 30.3 Å². The summed E-state index contributed by atoms with van der Waals surface area (Å²) in [6, 6.07) is 11.9. The number of carbonyl (C=O) groups is 1. The van der Waals surface area contributed by atoms with Crippen molar-refractivity contribution in [2.45, 2.75) is 6.61 Å². The quantitative estimate of drug-likeness (QED) is 0.736. The first-order chi connectivity index (χ1) is 11.0. The largest absolute Gasteiger partial charge is 0.433 e. The zero-order valence-electron chi connectivity index (χ0n) is 11.6. The van der Waals surface area contributed by atoms with Gasteiger partial charge >= 0.3 is 6.61 Å². The van der Waals surface area contributed by atoms with Crippen LogP contribution in [0.15, 0.2) is 48.5 Å². The Kier molecular flexibility index (Phi) is 4.20. The van der Waals surface area contributed by atoms with Crippen molar-refractivity contribution in [1.29, 1.82) is 0 Å². The van der Waals surface area contributed by atoms with Gasteiger partial charge in [-0.3, -0.25) is 4.79 Å². The zero-order valence-corrected chi connectivity index (χ0v) is 12.4. The summed E-state index contributed by atoms with van der Waals surface area (Å²) in [7, 11) is 0. The van der Waals surface area contributed by atoms with E-state index in [2.05, 4.69) is 10.1 Å². The lowest BCUT2D eigenvalue weighted by Gasteiger charge is -2.10. The van der Waals surface area contributed by atoms with Gasteiger partial charge in [-0.25, -0.2) is 4.39 Å². The van der Waals surface area contributed by atoms with Gasteiger partial charge in [0.25, 0.3) is 5.91 Å². The van der Waals surface area contributed by atoms with Crippen LogP contribution in [0.5, 0.6) is 5.75 Å². The van der Waals surface area contributed by atoms with E-state index in [0.29, 0.717) is 10.1 Å². The Labute approximate surface area is 133 Å². The lowest BCUT2D eigenvalue weighted by Crippen LogP contribution is -2.12. The number of para-hydroxylation sites is 2. The number of halogens is 3. The van der Waals surface area contributed by atoms with Crippen LogP contribution in [-0.4, -0.2) is 12.5 Å². The Bertz CT molecular complexity index is 863. The monoisotopic (exact) mass is 337 g/mol. The van der Waals surface area contributed by atoms with Crippen LogP contribution in [-0.2, 0) is 0 Å². The highest BCUT2D eigenvalue weighted by atomic mass is 32.1. The van der Waals surface area contributed by atoms with Crippen LogP contribution in [0.3, 0.4) is 0 Å². The van der Waals surface area contributed by atoms with Crippen LogP contribution in [0.2, 0.25) is 0 Å². The smallest absolute Gasteiger partial charge is 0.387 e. The van der Waals surface area contributed by atoms with Gasteiger partial charge in [0, 0.05) is 10.1 Å². The van der Waals surface area contributed by atoms with Crippen LogP contribution < -0.4 is 10.1 Å². The molecule has 1 heterocycles. The summed E-state index contributed by atoms with van der Waals surface area (Å²) >= 11 is 1.12. The molecular formula is C16H10F3NO2S. The van der Waals surface area contributed by atoms with Gasteiger partial charge < -0.3 is 10.1 Å². The number of alkyl halides is 2. The molecule has 1 N–H and O–H groups in total. The number of thiophene rings is 1. The van der Waals surface area contributed by atoms with Crippen LogP contribution in [0, 0.1) is 5.82 Å². The molecule has 0 spiro atoms. The maximum Gasteiger partial charge on any atom is 0.387 e. The third-order valence-corrected chi connectivity index (χ3v) is 4.18. The summed E-state index contributed by atoms with van der Waals surface area (Å²) in [5.74, 6) is -1.07. The minimum absolute atomic E-state index is 0.121. The van der Waals surface area contributed by atoms with E-state index in [1.54, 1.807) is 18.2 Å². The van der Waals surface area contributed by atoms with E-state index in [1.807, 2.05) is 0 Å². The van der Waals surface area contributed by atoms with Crippen molar-refractivity contribution in [3.8, 4) is 5.75 Å². The summed E-state index contributed by atoms with van der Waals surface area (Å²) in [6.07, 6.45) is 0. The molecule has 0 aliphatic rings. The van der Waals surface area contributed by atoms with Crippen molar-refractivity contribution < 1.29 is 22.7 Å². The number of rotatable bonds is 4. The number of benzene rings is 2. The molecule has 3 aromatic rings. The molecule has 0 aliphatic heterocycles. The van der Waals surface area contributed by atoms with E-state index in [9.17, 15) is 18.0 Å². The number of amides is 1. The van der Waals surface area contributed by atoms with Crippen LogP contribution in [0.1, 0.15) is 9.67 Å². The Morgan fingerprint density at radius 2 is 1.91 bits per heavy atom. The molecule has 0 saturated heterocycles. The van der Waals surface area contributed by atoms with E-state index in [-0.39, 0.29) is 16.3 Å². The van der Waals surface area contributed by atoms with Crippen molar-refractivity contribution in [1.82, 2.24) is 0 Å². The standard InChI is InChI=1S/C16H10F3NO2S/c17-10-4-3-7-13-9(10)8-14(23-13)15(21)20-11-5-1-2-6-12(11)22-16(18)19/h1-8,16H,(H,20,21). The summed E-state index contributed by atoms with van der Waals surface area (Å²) in [4.78, 5) is 12.5. The first kappa shape index (κ1) is 15.4. The van der Waals surface area contributed by atoms with Crippen LogP contribution in [0.4, 0.5) is 18.9 Å². The SMILES string of the molecule is O=C(Nc1ccccc1OC(F)F)c1cc2c(F)cccc2s1. The Morgan fingerprint density at radius 3 is 2.65 bits per heavy atom. The van der Waals surface area contributed by atoms with Gasteiger partial charge in [-0.1, -0.05) is 18.2 Å². The summed E-state index contributed by atoms with van der Waals surface area (Å²) in [5, 5.41) is 2.85. The van der Waals surface area contributed by atoms with Crippen molar-refractivity contribution in [2.75, 3.05) is 5.32 Å². The molecule has 0 bridgehead atoms. The summed E-state index contributed by atoms with van der Waals surface area (Å²) in [5.41, 5.74) is 0.121. The summed E-state index contributed by atoms with van der Waals surface area (Å²) in [6.45, 7) is -2.99. The van der Waals surface area contributed by atoms with E-state index in [0.717, 1.165) is 11.3 Å². The lowest BCUT2D eigenvalue weighted by molar-refractivity contribution is -0.0493. The number of hydrogen-bond donors (Lipinski definition) is 1. The number of ether oxygens (including phenoxy) is 1. The molecule has 23 heavy (non-hydrogen) atoms. The van der Waals surface area contributed by atoms with Gasteiger partial charge in [0.1, 0.15) is 11.6 Å². The molecule has 0 saturated carbocycles. The second kappa shape index (κ2) is 6.29. The number of nitrogens with one attached hydrogen (secondary N) is 1. The van der Waals surface area contributed by atoms with Gasteiger partial charge in [-0.15, -0.1) is 11.3 Å². The predicted octanol–water partition coefficient (Wildman–Crippen LogP) is 4.89. The molecule has 118 valence electrons. The molecular weight excluding hydrogens is 327 g/mol. The van der Waals surface area contributed by atoms with Crippen LogP contribution in [0.25, 0.3) is 10.1 Å². The van der Waals surface area contributed by atoms with E-state index in [4.69, 9.17) is 0 Å². The van der Waals surface area contributed by atoms with Crippen molar-refractivity contribution in [3.05, 3.63) is 59.2 Å². The van der Waals surface area contributed by atoms with Crippen molar-refractivity contribution in [3.63, 3.8) is 0 Å². The maximum atomic E-state index is 13.7. The second-order valence-corrected chi connectivity index (χ2v) is 5.67. The van der Waals surface area contributed by atoms with E-state index < -0.39 is 18.3 Å². The molecule has 0 aliphatic carbocycles. The molecule has 1 amide bonds. The predicted molar refractivity (Wildman–Crippen MR) is 82.8 cm³/mol. The number of anilines is 1. The van der Waals surface area contributed by atoms with Gasteiger partial charge in [0.05, 0.1) is 10.6 Å². The summed E-state index contributed by atoms with van der Waals surface area (Å²) < 4.78 is 43.4. The highest BCUT2D eigenvalue weighted by Crippen LogP contribution is 2.30. The fourth-order valence-electron chi connectivity index (χ4n) is 2.09. The maximum absolute atomic E-state index is 13.7. The average molecular weight is 337 g/mol. The molecule has 1 aromatic heterocycles. The molecule has 0 radical (unpaired) electrons. The Balaban J connectivity index is 1.88. The van der Waals surface area contributed by atoms with Gasteiger partial charge in [0.15, 0.2) is 0 Å². The zero-order chi connectivity index (χ0) is 16.4. The van der Waals surface area contributed by atoms with Gasteiger partial charge in [-0.05, 0) is 30.3 Å². The minimum Gasteiger partial charge on any atom is -0.433 e. The van der Waals surface area contributed by atoms with E-state index >= 15 is 0 Å². The normalized spacial score (nSPS) is 11.0. The molecule has 7 heteroatoms. The first-order valence-corrected chi connectivity index (χ1v) is 7.39. The number of carbonyl (C=O) groups excluding carboxylic acids is 1. The first-order valence-electron chi connectivity index (χ1n) is 6.58. The molecule has 0 fully saturated rings. The number of hydrogen-bond acceptors (Lipinski definition) is 3.